The van der Waals surface area contributed by atoms with Crippen LogP contribution < -0.4 is 0 Å². The lowest BCUT2D eigenvalue weighted by molar-refractivity contribution is 0.112. The summed E-state index contributed by atoms with van der Waals surface area (Å²) in [5.41, 5.74) is 7.72. The summed E-state index contributed by atoms with van der Waals surface area (Å²) in [7, 11) is 0. The normalized spacial score (nSPS) is 13.7. The Kier molecular flexibility index (Phi) is 4.08. The monoisotopic (exact) mass is 470 g/mol. The van der Waals surface area contributed by atoms with Gasteiger partial charge in [-0.15, -0.1) is 0 Å². The van der Waals surface area contributed by atoms with Gasteiger partial charge in [-0.1, -0.05) is 121 Å². The van der Waals surface area contributed by atoms with E-state index in [1.807, 2.05) is 12.1 Å². The van der Waals surface area contributed by atoms with E-state index in [2.05, 4.69) is 115 Å². The van der Waals surface area contributed by atoms with E-state index in [9.17, 15) is 4.79 Å². The highest BCUT2D eigenvalue weighted by molar-refractivity contribution is 6.24. The fourth-order valence-electron chi connectivity index (χ4n) is 6.88. The molecule has 0 fully saturated rings. The molecule has 0 amide bonds. The van der Waals surface area contributed by atoms with Gasteiger partial charge in [0, 0.05) is 5.56 Å². The van der Waals surface area contributed by atoms with Crippen molar-refractivity contribution in [2.75, 3.05) is 0 Å². The Morgan fingerprint density at radius 3 is 1.76 bits per heavy atom. The van der Waals surface area contributed by atoms with Crippen molar-refractivity contribution in [1.82, 2.24) is 0 Å². The quantitative estimate of drug-likeness (QED) is 0.186. The van der Waals surface area contributed by atoms with Crippen molar-refractivity contribution in [1.29, 1.82) is 0 Å². The summed E-state index contributed by atoms with van der Waals surface area (Å²) in [6, 6.07) is 46.0. The minimum Gasteiger partial charge on any atom is -0.298 e. The molecule has 37 heavy (non-hydrogen) atoms. The summed E-state index contributed by atoms with van der Waals surface area (Å²) >= 11 is 0. The van der Waals surface area contributed by atoms with Gasteiger partial charge in [0.1, 0.15) is 6.29 Å². The predicted octanol–water partition coefficient (Wildman–Crippen LogP) is 8.76. The van der Waals surface area contributed by atoms with Crippen molar-refractivity contribution in [3.8, 4) is 11.1 Å². The van der Waals surface area contributed by atoms with Crippen molar-refractivity contribution in [3.05, 3.63) is 155 Å². The number of carbonyl (C=O) groups is 1. The van der Waals surface area contributed by atoms with Crippen LogP contribution >= 0.6 is 0 Å². The van der Waals surface area contributed by atoms with Gasteiger partial charge >= 0.3 is 0 Å². The Morgan fingerprint density at radius 2 is 1.08 bits per heavy atom. The number of aldehydes is 1. The highest BCUT2D eigenvalue weighted by atomic mass is 16.1. The van der Waals surface area contributed by atoms with Gasteiger partial charge in [-0.3, -0.25) is 4.79 Å². The molecule has 0 N–H and O–H groups in total. The lowest BCUT2D eigenvalue weighted by Crippen LogP contribution is -2.29. The van der Waals surface area contributed by atoms with E-state index in [1.165, 1.54) is 65.7 Å². The summed E-state index contributed by atoms with van der Waals surface area (Å²) in [5, 5.41) is 7.69. The molecule has 1 aliphatic rings. The van der Waals surface area contributed by atoms with Crippen molar-refractivity contribution in [3.63, 3.8) is 0 Å². The smallest absolute Gasteiger partial charge is 0.150 e. The van der Waals surface area contributed by atoms with Gasteiger partial charge in [0.2, 0.25) is 0 Å². The van der Waals surface area contributed by atoms with Gasteiger partial charge in [0.05, 0.1) is 5.41 Å². The number of rotatable bonds is 3. The second kappa shape index (κ2) is 7.38. The molecule has 1 heteroatoms. The molecule has 0 bridgehead atoms. The number of fused-ring (bicyclic) bond motifs is 3. The molecule has 0 spiro atoms. The molecule has 7 aromatic carbocycles. The molecular formula is C36H22O. The fourth-order valence-corrected chi connectivity index (χ4v) is 6.88. The first-order valence-corrected chi connectivity index (χ1v) is 12.7. The minimum atomic E-state index is -0.515. The molecule has 0 aromatic heterocycles. The third kappa shape index (κ3) is 2.56. The SMILES string of the molecule is O=Cc1ccc(C2(c3cc4cccc5ccc6cccc3c6c54)c3ccccc3-c3ccccc32)cc1. The molecule has 0 atom stereocenters. The van der Waals surface area contributed by atoms with Crippen LogP contribution in [-0.4, -0.2) is 6.29 Å². The molecule has 8 rings (SSSR count). The van der Waals surface area contributed by atoms with E-state index < -0.39 is 5.41 Å². The van der Waals surface area contributed by atoms with Gasteiger partial charge in [0.15, 0.2) is 0 Å². The number of hydrogen-bond acceptors (Lipinski definition) is 1. The average molecular weight is 471 g/mol. The van der Waals surface area contributed by atoms with Crippen molar-refractivity contribution in [2.24, 2.45) is 0 Å². The van der Waals surface area contributed by atoms with E-state index >= 15 is 0 Å². The van der Waals surface area contributed by atoms with Crippen LogP contribution in [0.15, 0.2) is 127 Å². The molecule has 1 aliphatic carbocycles. The largest absolute Gasteiger partial charge is 0.298 e. The van der Waals surface area contributed by atoms with Crippen LogP contribution in [0.3, 0.4) is 0 Å². The van der Waals surface area contributed by atoms with Crippen LogP contribution in [0.4, 0.5) is 0 Å². The maximum atomic E-state index is 11.6. The first kappa shape index (κ1) is 20.4. The molecule has 0 saturated heterocycles. The Bertz CT molecular complexity index is 1950. The number of carbonyl (C=O) groups excluding carboxylic acids is 1. The Balaban J connectivity index is 1.63. The molecule has 0 unspecified atom stereocenters. The zero-order chi connectivity index (χ0) is 24.6. The summed E-state index contributed by atoms with van der Waals surface area (Å²) in [4.78, 5) is 11.6. The van der Waals surface area contributed by atoms with Crippen molar-refractivity contribution >= 4 is 38.6 Å². The zero-order valence-electron chi connectivity index (χ0n) is 20.1. The first-order chi connectivity index (χ1) is 18.3. The topological polar surface area (TPSA) is 17.1 Å². The summed E-state index contributed by atoms with van der Waals surface area (Å²) in [5.74, 6) is 0. The van der Waals surface area contributed by atoms with Gasteiger partial charge in [-0.05, 0) is 71.8 Å². The number of benzene rings is 7. The van der Waals surface area contributed by atoms with Crippen LogP contribution in [0.2, 0.25) is 0 Å². The highest BCUT2D eigenvalue weighted by Crippen LogP contribution is 2.58. The summed E-state index contributed by atoms with van der Waals surface area (Å²) in [6.45, 7) is 0. The second-order valence-corrected chi connectivity index (χ2v) is 10.1. The van der Waals surface area contributed by atoms with E-state index in [1.54, 1.807) is 0 Å². The standard InChI is InChI=1S/C36H22O/c37-22-23-15-19-27(20-16-23)36(31-13-3-1-10-28(31)29-11-2-4-14-32(29)36)33-21-26-9-5-7-24-17-18-25-8-6-12-30(33)35(25)34(24)26/h1-22H. The van der Waals surface area contributed by atoms with Crippen molar-refractivity contribution in [2.45, 2.75) is 5.41 Å². The van der Waals surface area contributed by atoms with Gasteiger partial charge < -0.3 is 0 Å². The van der Waals surface area contributed by atoms with E-state index in [-0.39, 0.29) is 0 Å². The average Bonchev–Trinajstić information content (AvgIpc) is 3.27. The molecule has 1 nitrogen and oxygen atoms in total. The Morgan fingerprint density at radius 1 is 0.486 bits per heavy atom. The maximum absolute atomic E-state index is 11.6. The van der Waals surface area contributed by atoms with Crippen LogP contribution in [-0.2, 0) is 5.41 Å². The number of hydrogen-bond donors (Lipinski definition) is 0. The fraction of sp³-hybridized carbons (Fsp3) is 0.0278. The van der Waals surface area contributed by atoms with Crippen LogP contribution in [0.1, 0.15) is 32.6 Å². The summed E-state index contributed by atoms with van der Waals surface area (Å²) < 4.78 is 0. The van der Waals surface area contributed by atoms with Crippen molar-refractivity contribution < 1.29 is 4.79 Å². The highest BCUT2D eigenvalue weighted by Gasteiger charge is 2.46. The third-order valence-corrected chi connectivity index (χ3v) is 8.34. The lowest BCUT2D eigenvalue weighted by atomic mass is 9.66. The third-order valence-electron chi connectivity index (χ3n) is 8.34. The molecule has 0 heterocycles. The first-order valence-electron chi connectivity index (χ1n) is 12.7. The molecule has 0 radical (unpaired) electrons. The zero-order valence-corrected chi connectivity index (χ0v) is 20.1. The molecular weight excluding hydrogens is 448 g/mol. The maximum Gasteiger partial charge on any atom is 0.150 e. The van der Waals surface area contributed by atoms with Crippen LogP contribution in [0.25, 0.3) is 43.4 Å². The Labute approximate surface area is 215 Å². The minimum absolute atomic E-state index is 0.515. The van der Waals surface area contributed by atoms with Gasteiger partial charge in [0.25, 0.3) is 0 Å². The van der Waals surface area contributed by atoms with Gasteiger partial charge in [-0.2, -0.15) is 0 Å². The van der Waals surface area contributed by atoms with Crippen LogP contribution in [0, 0.1) is 0 Å². The second-order valence-electron chi connectivity index (χ2n) is 10.1. The lowest BCUT2D eigenvalue weighted by Gasteiger charge is -2.35. The van der Waals surface area contributed by atoms with E-state index in [4.69, 9.17) is 0 Å². The Hall–Kier alpha value is -4.75. The molecule has 172 valence electrons. The van der Waals surface area contributed by atoms with E-state index in [0.717, 1.165) is 6.29 Å². The predicted molar refractivity (Wildman–Crippen MR) is 153 cm³/mol. The molecule has 7 aromatic rings. The van der Waals surface area contributed by atoms with E-state index in [0.29, 0.717) is 5.56 Å². The molecule has 0 saturated carbocycles. The van der Waals surface area contributed by atoms with Crippen LogP contribution in [0.5, 0.6) is 0 Å². The van der Waals surface area contributed by atoms with Gasteiger partial charge in [-0.25, -0.2) is 0 Å². The summed E-state index contributed by atoms with van der Waals surface area (Å²) in [6.07, 6.45) is 0.921. The molecule has 0 aliphatic heterocycles.